The molecule has 0 aliphatic carbocycles. The number of alkyl halides is 3. The summed E-state index contributed by atoms with van der Waals surface area (Å²) in [5.41, 5.74) is 0. The highest BCUT2D eigenvalue weighted by atomic mass is 79.9. The fourth-order valence-electron chi connectivity index (χ4n) is 0.902. The molecule has 0 spiro atoms. The number of rotatable bonds is 6. The Kier molecular flexibility index (Phi) is 6.26. The highest BCUT2D eigenvalue weighted by Gasteiger charge is 2.20. The first-order valence-electron chi connectivity index (χ1n) is 4.06. The third-order valence-corrected chi connectivity index (χ3v) is 2.58. The number of nitrogens with zero attached hydrogens (tertiary/aromatic N) is 1. The van der Waals surface area contributed by atoms with E-state index in [0.717, 1.165) is 11.2 Å². The number of amides is 1. The van der Waals surface area contributed by atoms with Crippen LogP contribution in [0.15, 0.2) is 0 Å². The number of hydrogen-bond acceptors (Lipinski definition) is 3. The van der Waals surface area contributed by atoms with E-state index in [-0.39, 0.29) is 6.54 Å². The minimum absolute atomic E-state index is 0.0681. The van der Waals surface area contributed by atoms with Gasteiger partial charge in [0.25, 0.3) is 6.43 Å². The molecule has 0 unspecified atom stereocenters. The predicted octanol–water partition coefficient (Wildman–Crippen LogP) is 0.520. The largest absolute Gasteiger partial charge is 0.335 e. The molecule has 0 bridgehead atoms. The van der Waals surface area contributed by atoms with Gasteiger partial charge in [-0.05, 0) is 0 Å². The van der Waals surface area contributed by atoms with E-state index in [9.17, 15) is 22.0 Å². The molecule has 0 rings (SSSR count). The van der Waals surface area contributed by atoms with Crippen LogP contribution in [-0.2, 0) is 14.6 Å². The van der Waals surface area contributed by atoms with Crippen LogP contribution in [0.25, 0.3) is 0 Å². The lowest BCUT2D eigenvalue weighted by atomic mass is 10.4. The molecule has 0 radical (unpaired) electrons. The van der Waals surface area contributed by atoms with E-state index in [2.05, 4.69) is 15.9 Å². The van der Waals surface area contributed by atoms with Gasteiger partial charge >= 0.3 is 0 Å². The molecule has 15 heavy (non-hydrogen) atoms. The number of halogens is 3. The Morgan fingerprint density at radius 3 is 2.33 bits per heavy atom. The number of sulfone groups is 1. The average Bonchev–Trinajstić information content (AvgIpc) is 1.99. The molecule has 1 amide bonds. The molecular weight excluding hydrogens is 296 g/mol. The fourth-order valence-corrected chi connectivity index (χ4v) is 1.96. The van der Waals surface area contributed by atoms with Crippen molar-refractivity contribution in [1.29, 1.82) is 0 Å². The first-order valence-corrected chi connectivity index (χ1v) is 7.24. The van der Waals surface area contributed by atoms with Crippen molar-refractivity contribution < 1.29 is 22.0 Å². The highest BCUT2D eigenvalue weighted by molar-refractivity contribution is 9.09. The van der Waals surface area contributed by atoms with E-state index in [1.807, 2.05) is 0 Å². The van der Waals surface area contributed by atoms with E-state index < -0.39 is 34.5 Å². The van der Waals surface area contributed by atoms with Gasteiger partial charge in [-0.1, -0.05) is 15.9 Å². The second-order valence-corrected chi connectivity index (χ2v) is 5.92. The van der Waals surface area contributed by atoms with Gasteiger partial charge in [-0.25, -0.2) is 17.2 Å². The fraction of sp³-hybridized carbons (Fsp3) is 0.857. The van der Waals surface area contributed by atoms with Crippen LogP contribution in [0.3, 0.4) is 0 Å². The van der Waals surface area contributed by atoms with Crippen molar-refractivity contribution in [3.05, 3.63) is 0 Å². The topological polar surface area (TPSA) is 54.5 Å². The van der Waals surface area contributed by atoms with Gasteiger partial charge in [0.05, 0.1) is 6.54 Å². The van der Waals surface area contributed by atoms with Crippen molar-refractivity contribution in [3.63, 3.8) is 0 Å². The predicted molar refractivity (Wildman–Crippen MR) is 56.1 cm³/mol. The van der Waals surface area contributed by atoms with Crippen LogP contribution in [0, 0.1) is 0 Å². The highest BCUT2D eigenvalue weighted by Crippen LogP contribution is 2.01. The molecule has 0 aliphatic heterocycles. The summed E-state index contributed by atoms with van der Waals surface area (Å²) in [6, 6.07) is 0. The molecule has 0 fully saturated rings. The van der Waals surface area contributed by atoms with Crippen LogP contribution in [-0.4, -0.2) is 56.1 Å². The molecule has 0 aromatic rings. The van der Waals surface area contributed by atoms with Crippen LogP contribution in [0.2, 0.25) is 0 Å². The molecular formula is C7H12BrF2NO3S. The molecule has 0 saturated carbocycles. The molecule has 0 aromatic heterocycles. The van der Waals surface area contributed by atoms with E-state index in [4.69, 9.17) is 0 Å². The molecule has 0 saturated heterocycles. The maximum atomic E-state index is 12.0. The minimum atomic E-state index is -3.47. The zero-order chi connectivity index (χ0) is 12.1. The lowest BCUT2D eigenvalue weighted by Gasteiger charge is -2.20. The van der Waals surface area contributed by atoms with E-state index in [1.54, 1.807) is 0 Å². The van der Waals surface area contributed by atoms with Crippen LogP contribution < -0.4 is 0 Å². The normalized spacial score (nSPS) is 11.8. The molecule has 0 heterocycles. The Morgan fingerprint density at radius 2 is 2.00 bits per heavy atom. The number of carbonyl (C=O) groups is 1. The van der Waals surface area contributed by atoms with Gasteiger partial charge in [0, 0.05) is 18.1 Å². The summed E-state index contributed by atoms with van der Waals surface area (Å²) < 4.78 is 45.7. The Morgan fingerprint density at radius 1 is 1.47 bits per heavy atom. The Hall–Kier alpha value is -0.240. The third kappa shape index (κ3) is 7.66. The summed E-state index contributed by atoms with van der Waals surface area (Å²) in [4.78, 5) is 12.1. The first kappa shape index (κ1) is 14.8. The quantitative estimate of drug-likeness (QED) is 0.672. The number of hydrogen-bond donors (Lipinski definition) is 0. The zero-order valence-corrected chi connectivity index (χ0v) is 10.5. The maximum absolute atomic E-state index is 12.0. The summed E-state index contributed by atoms with van der Waals surface area (Å²) >= 11 is 3.00. The molecule has 0 aromatic carbocycles. The van der Waals surface area contributed by atoms with Gasteiger partial charge in [-0.3, -0.25) is 4.79 Å². The summed E-state index contributed by atoms with van der Waals surface area (Å²) in [5, 5.41) is 0.329. The maximum Gasteiger partial charge on any atom is 0.255 e. The molecule has 4 nitrogen and oxygen atoms in total. The second kappa shape index (κ2) is 6.37. The summed E-state index contributed by atoms with van der Waals surface area (Å²) in [7, 11) is -3.47. The van der Waals surface area contributed by atoms with Gasteiger partial charge < -0.3 is 4.90 Å². The van der Waals surface area contributed by atoms with Crippen LogP contribution in [0.5, 0.6) is 0 Å². The molecule has 0 atom stereocenters. The van der Waals surface area contributed by atoms with Crippen molar-refractivity contribution in [2.45, 2.75) is 6.43 Å². The van der Waals surface area contributed by atoms with Crippen molar-refractivity contribution in [2.75, 3.05) is 30.4 Å². The standard InChI is InChI=1S/C7H12BrF2NO3S/c1-15(13,14)5-7(12)11(3-2-8)4-6(9)10/h6H,2-5H2,1H3. The first-order chi connectivity index (χ1) is 6.76. The lowest BCUT2D eigenvalue weighted by molar-refractivity contribution is -0.130. The van der Waals surface area contributed by atoms with Gasteiger partial charge in [-0.15, -0.1) is 0 Å². The van der Waals surface area contributed by atoms with Gasteiger partial charge in [0.2, 0.25) is 5.91 Å². The Labute approximate surface area is 95.7 Å². The smallest absolute Gasteiger partial charge is 0.255 e. The van der Waals surface area contributed by atoms with Crippen LogP contribution in [0.4, 0.5) is 8.78 Å². The van der Waals surface area contributed by atoms with Crippen LogP contribution >= 0.6 is 15.9 Å². The lowest BCUT2D eigenvalue weighted by Crippen LogP contribution is -2.39. The molecule has 8 heteroatoms. The number of carbonyl (C=O) groups excluding carboxylic acids is 1. The summed E-state index contributed by atoms with van der Waals surface area (Å²) in [5.74, 6) is -1.52. The zero-order valence-electron chi connectivity index (χ0n) is 8.12. The summed E-state index contributed by atoms with van der Waals surface area (Å²) in [6.07, 6.45) is -1.77. The third-order valence-electron chi connectivity index (χ3n) is 1.45. The van der Waals surface area contributed by atoms with Crippen molar-refractivity contribution >= 4 is 31.7 Å². The minimum Gasteiger partial charge on any atom is -0.335 e. The van der Waals surface area contributed by atoms with E-state index in [0.29, 0.717) is 5.33 Å². The molecule has 0 N–H and O–H groups in total. The van der Waals surface area contributed by atoms with Gasteiger partial charge in [-0.2, -0.15) is 0 Å². The van der Waals surface area contributed by atoms with Gasteiger partial charge in [0.1, 0.15) is 5.75 Å². The van der Waals surface area contributed by atoms with Crippen molar-refractivity contribution in [3.8, 4) is 0 Å². The second-order valence-electron chi connectivity index (χ2n) is 2.99. The molecule has 0 aliphatic rings. The van der Waals surface area contributed by atoms with Gasteiger partial charge in [0.15, 0.2) is 9.84 Å². The Bertz CT molecular complexity index is 307. The Balaban J connectivity index is 4.42. The average molecular weight is 308 g/mol. The SMILES string of the molecule is CS(=O)(=O)CC(=O)N(CCBr)CC(F)F. The van der Waals surface area contributed by atoms with Crippen molar-refractivity contribution in [1.82, 2.24) is 4.90 Å². The summed E-state index contributed by atoms with van der Waals surface area (Å²) in [6.45, 7) is -0.668. The van der Waals surface area contributed by atoms with Crippen molar-refractivity contribution in [2.24, 2.45) is 0 Å². The van der Waals surface area contributed by atoms with Crippen LogP contribution in [0.1, 0.15) is 0 Å². The van der Waals surface area contributed by atoms with E-state index >= 15 is 0 Å². The van der Waals surface area contributed by atoms with E-state index in [1.165, 1.54) is 0 Å². The monoisotopic (exact) mass is 307 g/mol. The molecule has 90 valence electrons.